The van der Waals surface area contributed by atoms with Gasteiger partial charge in [0.2, 0.25) is 10.0 Å². The van der Waals surface area contributed by atoms with Gasteiger partial charge >= 0.3 is 0 Å². The van der Waals surface area contributed by atoms with E-state index < -0.39 is 15.8 Å². The van der Waals surface area contributed by atoms with Gasteiger partial charge < -0.3 is 0 Å². The van der Waals surface area contributed by atoms with Crippen LogP contribution in [0.15, 0.2) is 51.8 Å². The molecule has 1 aliphatic heterocycles. The van der Waals surface area contributed by atoms with E-state index in [1.165, 1.54) is 22.5 Å². The van der Waals surface area contributed by atoms with Gasteiger partial charge in [-0.05, 0) is 49.4 Å². The molecule has 2 aromatic rings. The number of hydrogen-bond acceptors (Lipinski definition) is 3. The second-order valence-electron chi connectivity index (χ2n) is 6.22. The summed E-state index contributed by atoms with van der Waals surface area (Å²) in [4.78, 5) is 2.14. The lowest BCUT2D eigenvalue weighted by molar-refractivity contribution is 0.274. The quantitative estimate of drug-likeness (QED) is 0.722. The summed E-state index contributed by atoms with van der Waals surface area (Å²) in [6.45, 7) is 2.33. The van der Waals surface area contributed by atoms with Crippen molar-refractivity contribution in [1.29, 1.82) is 0 Å². The van der Waals surface area contributed by atoms with E-state index in [-0.39, 0.29) is 10.7 Å². The van der Waals surface area contributed by atoms with Gasteiger partial charge in [0, 0.05) is 36.2 Å². The van der Waals surface area contributed by atoms with Crippen molar-refractivity contribution in [3.63, 3.8) is 0 Å². The average Bonchev–Trinajstić information content (AvgIpc) is 2.84. The predicted molar refractivity (Wildman–Crippen MR) is 99.2 cm³/mol. The van der Waals surface area contributed by atoms with Crippen LogP contribution in [0.25, 0.3) is 0 Å². The van der Waals surface area contributed by atoms with E-state index in [0.717, 1.165) is 12.1 Å². The second-order valence-corrected chi connectivity index (χ2v) is 9.08. The number of sulfonamides is 1. The SMILES string of the molecule is O=S(=O)(c1ccc(F)cc1)N1CCCN(Cc2ccc(Br)cc2F)CC1. The fraction of sp³-hybridized carbons (Fsp3) is 0.333. The standard InChI is InChI=1S/C18H19BrF2N2O2S/c19-15-3-2-14(18(21)12-15)13-22-8-1-9-23(11-10-22)26(24,25)17-6-4-16(20)5-7-17/h2-7,12H,1,8-11,13H2. The first-order valence-electron chi connectivity index (χ1n) is 8.28. The molecule has 1 fully saturated rings. The van der Waals surface area contributed by atoms with Crippen LogP contribution in [0.2, 0.25) is 0 Å². The zero-order valence-electron chi connectivity index (χ0n) is 14.0. The van der Waals surface area contributed by atoms with Gasteiger partial charge in [0.1, 0.15) is 11.6 Å². The predicted octanol–water partition coefficient (Wildman–Crippen LogP) is 3.62. The largest absolute Gasteiger partial charge is 0.298 e. The Bertz CT molecular complexity index is 875. The Labute approximate surface area is 160 Å². The normalized spacial score (nSPS) is 17.2. The molecule has 1 saturated heterocycles. The first kappa shape index (κ1) is 19.4. The lowest BCUT2D eigenvalue weighted by Crippen LogP contribution is -2.35. The van der Waals surface area contributed by atoms with Gasteiger partial charge in [-0.1, -0.05) is 22.0 Å². The molecular formula is C18H19BrF2N2O2S. The van der Waals surface area contributed by atoms with E-state index in [1.54, 1.807) is 12.1 Å². The maximum atomic E-state index is 14.0. The Hall–Kier alpha value is -1.35. The van der Waals surface area contributed by atoms with Gasteiger partial charge in [0.05, 0.1) is 4.90 Å². The van der Waals surface area contributed by atoms with Crippen molar-refractivity contribution in [3.8, 4) is 0 Å². The highest BCUT2D eigenvalue weighted by atomic mass is 79.9. The minimum Gasteiger partial charge on any atom is -0.298 e. The number of hydrogen-bond donors (Lipinski definition) is 0. The van der Waals surface area contributed by atoms with Crippen molar-refractivity contribution in [1.82, 2.24) is 9.21 Å². The molecule has 0 spiro atoms. The van der Waals surface area contributed by atoms with Crippen molar-refractivity contribution in [2.24, 2.45) is 0 Å². The third kappa shape index (κ3) is 4.49. The average molecular weight is 445 g/mol. The molecule has 2 aromatic carbocycles. The maximum Gasteiger partial charge on any atom is 0.243 e. The second kappa shape index (κ2) is 8.12. The molecule has 0 amide bonds. The molecule has 0 bridgehead atoms. The molecule has 0 atom stereocenters. The number of benzene rings is 2. The molecule has 3 rings (SSSR count). The Kier molecular flexibility index (Phi) is 6.06. The molecular weight excluding hydrogens is 426 g/mol. The fourth-order valence-corrected chi connectivity index (χ4v) is 4.79. The van der Waals surface area contributed by atoms with E-state index in [2.05, 4.69) is 15.9 Å². The van der Waals surface area contributed by atoms with E-state index in [1.807, 2.05) is 4.90 Å². The Morgan fingerprint density at radius 1 is 0.962 bits per heavy atom. The molecule has 0 unspecified atom stereocenters. The molecule has 8 heteroatoms. The number of nitrogens with zero attached hydrogens (tertiary/aromatic N) is 2. The molecule has 4 nitrogen and oxygen atoms in total. The van der Waals surface area contributed by atoms with Gasteiger partial charge in [0.15, 0.2) is 0 Å². The van der Waals surface area contributed by atoms with Crippen LogP contribution in [0.5, 0.6) is 0 Å². The summed E-state index contributed by atoms with van der Waals surface area (Å²) in [5.41, 5.74) is 0.586. The highest BCUT2D eigenvalue weighted by molar-refractivity contribution is 9.10. The van der Waals surface area contributed by atoms with Gasteiger partial charge in [-0.15, -0.1) is 0 Å². The molecule has 0 aliphatic carbocycles. The Morgan fingerprint density at radius 3 is 2.38 bits per heavy atom. The van der Waals surface area contributed by atoms with Crippen LogP contribution in [0, 0.1) is 11.6 Å². The van der Waals surface area contributed by atoms with Crippen LogP contribution in [0.1, 0.15) is 12.0 Å². The summed E-state index contributed by atoms with van der Waals surface area (Å²) < 4.78 is 54.6. The van der Waals surface area contributed by atoms with E-state index >= 15 is 0 Å². The third-order valence-electron chi connectivity index (χ3n) is 4.41. The highest BCUT2D eigenvalue weighted by Crippen LogP contribution is 2.20. The summed E-state index contributed by atoms with van der Waals surface area (Å²) in [6, 6.07) is 9.81. The Morgan fingerprint density at radius 2 is 1.69 bits per heavy atom. The number of rotatable bonds is 4. The summed E-state index contributed by atoms with van der Waals surface area (Å²) in [7, 11) is -3.65. The first-order chi connectivity index (χ1) is 12.4. The summed E-state index contributed by atoms with van der Waals surface area (Å²) >= 11 is 3.24. The summed E-state index contributed by atoms with van der Waals surface area (Å²) in [5, 5.41) is 0. The lowest BCUT2D eigenvalue weighted by Gasteiger charge is -2.22. The van der Waals surface area contributed by atoms with Crippen molar-refractivity contribution in [2.75, 3.05) is 26.2 Å². The molecule has 0 radical (unpaired) electrons. The minimum absolute atomic E-state index is 0.0892. The first-order valence-corrected chi connectivity index (χ1v) is 10.5. The van der Waals surface area contributed by atoms with Crippen LogP contribution in [-0.2, 0) is 16.6 Å². The molecule has 1 heterocycles. The van der Waals surface area contributed by atoms with Crippen LogP contribution < -0.4 is 0 Å². The summed E-state index contributed by atoms with van der Waals surface area (Å²) in [6.07, 6.45) is 0.651. The van der Waals surface area contributed by atoms with Gasteiger partial charge in [-0.25, -0.2) is 17.2 Å². The molecule has 0 N–H and O–H groups in total. The van der Waals surface area contributed by atoms with E-state index in [0.29, 0.717) is 49.2 Å². The van der Waals surface area contributed by atoms with Crippen LogP contribution >= 0.6 is 15.9 Å². The molecule has 0 aromatic heterocycles. The van der Waals surface area contributed by atoms with Crippen molar-refractivity contribution in [3.05, 3.63) is 64.1 Å². The van der Waals surface area contributed by atoms with E-state index in [9.17, 15) is 17.2 Å². The van der Waals surface area contributed by atoms with Gasteiger partial charge in [-0.2, -0.15) is 4.31 Å². The fourth-order valence-electron chi connectivity index (χ4n) is 2.99. The Balaban J connectivity index is 1.68. The highest BCUT2D eigenvalue weighted by Gasteiger charge is 2.27. The smallest absolute Gasteiger partial charge is 0.243 e. The van der Waals surface area contributed by atoms with Crippen molar-refractivity contribution >= 4 is 26.0 Å². The lowest BCUT2D eigenvalue weighted by atomic mass is 10.2. The van der Waals surface area contributed by atoms with Crippen molar-refractivity contribution in [2.45, 2.75) is 17.9 Å². The molecule has 1 aliphatic rings. The van der Waals surface area contributed by atoms with Gasteiger partial charge in [-0.3, -0.25) is 4.90 Å². The van der Waals surface area contributed by atoms with Crippen molar-refractivity contribution < 1.29 is 17.2 Å². The summed E-state index contributed by atoms with van der Waals surface area (Å²) in [5.74, 6) is -0.748. The monoisotopic (exact) mass is 444 g/mol. The zero-order chi connectivity index (χ0) is 18.7. The number of halogens is 3. The van der Waals surface area contributed by atoms with Crippen LogP contribution in [0.3, 0.4) is 0 Å². The van der Waals surface area contributed by atoms with Crippen LogP contribution in [0.4, 0.5) is 8.78 Å². The molecule has 26 heavy (non-hydrogen) atoms. The maximum absolute atomic E-state index is 14.0. The zero-order valence-corrected chi connectivity index (χ0v) is 16.4. The van der Waals surface area contributed by atoms with Gasteiger partial charge in [0.25, 0.3) is 0 Å². The third-order valence-corrected chi connectivity index (χ3v) is 6.81. The van der Waals surface area contributed by atoms with Crippen LogP contribution in [-0.4, -0.2) is 43.8 Å². The molecule has 0 saturated carbocycles. The van der Waals surface area contributed by atoms with E-state index in [4.69, 9.17) is 0 Å². The molecule has 140 valence electrons. The minimum atomic E-state index is -3.65. The topological polar surface area (TPSA) is 40.6 Å².